The van der Waals surface area contributed by atoms with Gasteiger partial charge in [0.05, 0.1) is 5.25 Å². The summed E-state index contributed by atoms with van der Waals surface area (Å²) in [5, 5.41) is -0.498. The minimum atomic E-state index is -3.33. The van der Waals surface area contributed by atoms with Crippen molar-refractivity contribution in [1.29, 1.82) is 0 Å². The minimum Gasteiger partial charge on any atom is -0.329 e. The summed E-state index contributed by atoms with van der Waals surface area (Å²) < 4.78 is 27.0. The van der Waals surface area contributed by atoms with Crippen LogP contribution in [-0.4, -0.2) is 25.8 Å². The second-order valence-electron chi connectivity index (χ2n) is 6.53. The predicted octanol–water partition coefficient (Wildman–Crippen LogP) is 1.86. The summed E-state index contributed by atoms with van der Waals surface area (Å²) >= 11 is 0. The van der Waals surface area contributed by atoms with Crippen molar-refractivity contribution in [1.82, 2.24) is 4.72 Å². The van der Waals surface area contributed by atoms with Gasteiger partial charge in [-0.15, -0.1) is 0 Å². The van der Waals surface area contributed by atoms with Gasteiger partial charge in [0, 0.05) is 12.1 Å². The van der Waals surface area contributed by atoms with E-state index in [9.17, 15) is 8.42 Å². The molecule has 0 radical (unpaired) electrons. The zero-order valence-corrected chi connectivity index (χ0v) is 12.8. The second-order valence-corrected chi connectivity index (χ2v) is 8.50. The summed E-state index contributed by atoms with van der Waals surface area (Å²) in [5.41, 5.74) is 5.13. The fraction of sp³-hybridized carbons (Fsp3) is 1.00. The van der Waals surface area contributed by atoms with E-state index in [0.29, 0.717) is 6.42 Å². The maximum atomic E-state index is 12.1. The Morgan fingerprint density at radius 3 is 1.94 bits per heavy atom. The molecule has 0 aliphatic rings. The summed E-state index contributed by atoms with van der Waals surface area (Å²) in [6.45, 7) is 12.1. The van der Waals surface area contributed by atoms with Crippen molar-refractivity contribution in [2.45, 2.75) is 65.2 Å². The molecule has 0 spiro atoms. The van der Waals surface area contributed by atoms with Crippen LogP contribution in [0, 0.1) is 5.41 Å². The molecular formula is C12H28N2O2S. The molecule has 0 aromatic heterocycles. The quantitative estimate of drug-likeness (QED) is 0.769. The van der Waals surface area contributed by atoms with E-state index in [2.05, 4.69) is 25.5 Å². The first kappa shape index (κ1) is 16.9. The summed E-state index contributed by atoms with van der Waals surface area (Å²) in [6, 6.07) is 0. The maximum absolute atomic E-state index is 12.1. The van der Waals surface area contributed by atoms with Gasteiger partial charge >= 0.3 is 0 Å². The Morgan fingerprint density at radius 1 is 1.18 bits per heavy atom. The van der Waals surface area contributed by atoms with E-state index in [1.807, 2.05) is 20.8 Å². The highest BCUT2D eigenvalue weighted by molar-refractivity contribution is 7.90. The molecule has 104 valence electrons. The van der Waals surface area contributed by atoms with Gasteiger partial charge in [0.25, 0.3) is 0 Å². The molecule has 0 aliphatic carbocycles. The number of sulfonamides is 1. The molecule has 0 saturated carbocycles. The van der Waals surface area contributed by atoms with Gasteiger partial charge in [-0.05, 0) is 32.1 Å². The van der Waals surface area contributed by atoms with E-state index in [1.165, 1.54) is 0 Å². The molecule has 1 unspecified atom stereocenters. The summed E-state index contributed by atoms with van der Waals surface area (Å²) in [5.74, 6) is 0. The molecule has 0 aromatic rings. The zero-order valence-electron chi connectivity index (χ0n) is 12.0. The molecule has 17 heavy (non-hydrogen) atoms. The molecule has 4 nitrogen and oxygen atoms in total. The fourth-order valence-electron chi connectivity index (χ4n) is 2.34. The molecular weight excluding hydrogens is 236 g/mol. The Balaban J connectivity index is 4.82. The van der Waals surface area contributed by atoms with Gasteiger partial charge in [0.2, 0.25) is 10.0 Å². The third-order valence-electron chi connectivity index (χ3n) is 2.55. The van der Waals surface area contributed by atoms with Crippen LogP contribution in [0.25, 0.3) is 0 Å². The van der Waals surface area contributed by atoms with E-state index >= 15 is 0 Å². The van der Waals surface area contributed by atoms with E-state index in [1.54, 1.807) is 0 Å². The van der Waals surface area contributed by atoms with Crippen LogP contribution >= 0.6 is 0 Å². The number of nitrogens with one attached hydrogen (secondary N) is 1. The van der Waals surface area contributed by atoms with E-state index in [0.717, 1.165) is 6.42 Å². The average molecular weight is 264 g/mol. The number of hydrogen-bond acceptors (Lipinski definition) is 3. The van der Waals surface area contributed by atoms with Gasteiger partial charge in [-0.3, -0.25) is 0 Å². The van der Waals surface area contributed by atoms with Crippen molar-refractivity contribution in [3.63, 3.8) is 0 Å². The van der Waals surface area contributed by atoms with E-state index in [4.69, 9.17) is 5.73 Å². The lowest BCUT2D eigenvalue weighted by Gasteiger charge is -2.34. The fourth-order valence-corrected chi connectivity index (χ4v) is 4.04. The van der Waals surface area contributed by atoms with Gasteiger partial charge in [-0.2, -0.15) is 0 Å². The van der Waals surface area contributed by atoms with Crippen molar-refractivity contribution in [3.8, 4) is 0 Å². The van der Waals surface area contributed by atoms with Gasteiger partial charge in [-0.25, -0.2) is 13.1 Å². The highest BCUT2D eigenvalue weighted by atomic mass is 32.2. The first-order valence-corrected chi connectivity index (χ1v) is 7.71. The summed E-state index contributed by atoms with van der Waals surface area (Å²) in [7, 11) is -3.33. The number of nitrogens with two attached hydrogens (primary N) is 1. The second kappa shape index (κ2) is 5.67. The Bertz CT molecular complexity index is 325. The Kier molecular flexibility index (Phi) is 5.63. The smallest absolute Gasteiger partial charge is 0.216 e. The largest absolute Gasteiger partial charge is 0.329 e. The van der Waals surface area contributed by atoms with Crippen molar-refractivity contribution in [2.75, 3.05) is 6.54 Å². The Hall–Kier alpha value is -0.130. The van der Waals surface area contributed by atoms with Crippen LogP contribution in [0.1, 0.15) is 54.4 Å². The van der Waals surface area contributed by atoms with E-state index < -0.39 is 20.8 Å². The van der Waals surface area contributed by atoms with Crippen LogP contribution in [0.3, 0.4) is 0 Å². The lowest BCUT2D eigenvalue weighted by molar-refractivity contribution is 0.268. The number of rotatable bonds is 6. The molecule has 0 aromatic carbocycles. The predicted molar refractivity (Wildman–Crippen MR) is 73.3 cm³/mol. The molecule has 3 N–H and O–H groups in total. The van der Waals surface area contributed by atoms with E-state index in [-0.39, 0.29) is 12.0 Å². The lowest BCUT2D eigenvalue weighted by Crippen LogP contribution is -2.50. The SMILES string of the molecule is CCC(CN)S(=O)(=O)NC(C)(C)CC(C)(C)C. The summed E-state index contributed by atoms with van der Waals surface area (Å²) in [4.78, 5) is 0. The first-order chi connectivity index (χ1) is 7.43. The number of hydrogen-bond donors (Lipinski definition) is 2. The topological polar surface area (TPSA) is 72.2 Å². The zero-order chi connectivity index (χ0) is 13.9. The van der Waals surface area contributed by atoms with Crippen molar-refractivity contribution >= 4 is 10.0 Å². The van der Waals surface area contributed by atoms with Crippen LogP contribution in [0.5, 0.6) is 0 Å². The molecule has 1 atom stereocenters. The highest BCUT2D eigenvalue weighted by Gasteiger charge is 2.32. The van der Waals surface area contributed by atoms with Crippen LogP contribution in [-0.2, 0) is 10.0 Å². The molecule has 0 heterocycles. The minimum absolute atomic E-state index is 0.0798. The Morgan fingerprint density at radius 2 is 1.65 bits per heavy atom. The van der Waals surface area contributed by atoms with Crippen molar-refractivity contribution in [3.05, 3.63) is 0 Å². The van der Waals surface area contributed by atoms with Crippen LogP contribution in [0.4, 0.5) is 0 Å². The van der Waals surface area contributed by atoms with Crippen molar-refractivity contribution < 1.29 is 8.42 Å². The lowest BCUT2D eigenvalue weighted by atomic mass is 9.82. The highest BCUT2D eigenvalue weighted by Crippen LogP contribution is 2.27. The van der Waals surface area contributed by atoms with Crippen molar-refractivity contribution in [2.24, 2.45) is 11.1 Å². The molecule has 0 bridgehead atoms. The maximum Gasteiger partial charge on any atom is 0.216 e. The van der Waals surface area contributed by atoms with Gasteiger partial charge in [0.1, 0.15) is 0 Å². The van der Waals surface area contributed by atoms with Crippen LogP contribution in [0.2, 0.25) is 0 Å². The molecule has 0 aliphatic heterocycles. The third-order valence-corrected chi connectivity index (χ3v) is 4.79. The molecule has 0 rings (SSSR count). The molecule has 5 heteroatoms. The first-order valence-electron chi connectivity index (χ1n) is 6.16. The monoisotopic (exact) mass is 264 g/mol. The van der Waals surface area contributed by atoms with Crippen LogP contribution < -0.4 is 10.5 Å². The molecule has 0 amide bonds. The standard InChI is InChI=1S/C12H28N2O2S/c1-7-10(8-13)17(15,16)14-12(5,6)9-11(2,3)4/h10,14H,7-9,13H2,1-6H3. The average Bonchev–Trinajstić information content (AvgIpc) is 1.97. The molecule has 0 saturated heterocycles. The summed E-state index contributed by atoms with van der Waals surface area (Å²) in [6.07, 6.45) is 1.32. The van der Waals surface area contributed by atoms with Gasteiger partial charge in [0.15, 0.2) is 0 Å². The third kappa shape index (κ3) is 6.38. The van der Waals surface area contributed by atoms with Crippen LogP contribution in [0.15, 0.2) is 0 Å². The normalized spacial score (nSPS) is 15.9. The Labute approximate surface area is 106 Å². The molecule has 0 fully saturated rings. The van der Waals surface area contributed by atoms with Gasteiger partial charge < -0.3 is 5.73 Å². The van der Waals surface area contributed by atoms with Gasteiger partial charge in [-0.1, -0.05) is 27.7 Å².